The van der Waals surface area contributed by atoms with E-state index in [0.29, 0.717) is 41.9 Å². The van der Waals surface area contributed by atoms with E-state index in [1.165, 1.54) is 12.0 Å². The summed E-state index contributed by atoms with van der Waals surface area (Å²) >= 11 is 0. The molecular formula is C52H75N3O5. The molecule has 6 aliphatic rings. The van der Waals surface area contributed by atoms with Gasteiger partial charge in [-0.15, -0.1) is 0 Å². The molecule has 6 fully saturated rings. The molecule has 5 aliphatic carbocycles. The molecule has 1 aromatic heterocycles. The molecule has 8 rings (SSSR count). The molecule has 12 atom stereocenters. The highest BCUT2D eigenvalue weighted by atomic mass is 16.5. The summed E-state index contributed by atoms with van der Waals surface area (Å²) in [7, 11) is 0. The van der Waals surface area contributed by atoms with Gasteiger partial charge in [0.15, 0.2) is 0 Å². The quantitative estimate of drug-likeness (QED) is 0.163. The molecule has 0 unspecified atom stereocenters. The predicted molar refractivity (Wildman–Crippen MR) is 236 cm³/mol. The number of ether oxygens (including phenoxy) is 1. The molecule has 5 saturated carbocycles. The molecule has 0 radical (unpaired) electrons. The van der Waals surface area contributed by atoms with E-state index >= 15 is 4.79 Å². The molecule has 2 aromatic rings. The molecular weight excluding hydrogens is 747 g/mol. The Labute approximate surface area is 360 Å². The van der Waals surface area contributed by atoms with Gasteiger partial charge in [-0.2, -0.15) is 0 Å². The van der Waals surface area contributed by atoms with Crippen molar-refractivity contribution in [3.8, 4) is 11.3 Å². The Morgan fingerprint density at radius 3 is 2.40 bits per heavy atom. The number of hydrogen-bond acceptors (Lipinski definition) is 5. The van der Waals surface area contributed by atoms with Crippen LogP contribution < -0.4 is 0 Å². The number of rotatable bonds is 12. The Morgan fingerprint density at radius 1 is 0.967 bits per heavy atom. The molecule has 0 bridgehead atoms. The number of benzene rings is 1. The minimum absolute atomic E-state index is 0.0173. The number of aromatic amines is 1. The number of nitrogens with zero attached hydrogens (tertiary/aromatic N) is 2. The van der Waals surface area contributed by atoms with Gasteiger partial charge in [0.1, 0.15) is 11.9 Å². The van der Waals surface area contributed by atoms with E-state index in [4.69, 9.17) is 9.72 Å². The maximum atomic E-state index is 15.5. The average Bonchev–Trinajstić information content (AvgIpc) is 3.98. The predicted octanol–water partition coefficient (Wildman–Crippen LogP) is 11.8. The first-order chi connectivity index (χ1) is 28.4. The second kappa shape index (κ2) is 15.7. The van der Waals surface area contributed by atoms with E-state index in [0.717, 1.165) is 107 Å². The number of aromatic nitrogens is 2. The smallest absolute Gasteiger partial charge is 0.309 e. The number of hydrogen-bond donors (Lipinski definition) is 2. The maximum Gasteiger partial charge on any atom is 0.309 e. The summed E-state index contributed by atoms with van der Waals surface area (Å²) in [5, 5.41) is 9.74. The number of allylic oxidation sites excluding steroid dienone is 1. The Morgan fingerprint density at radius 2 is 1.72 bits per heavy atom. The highest BCUT2D eigenvalue weighted by Gasteiger charge is 2.69. The Balaban J connectivity index is 1.01. The van der Waals surface area contributed by atoms with Crippen molar-refractivity contribution < 1.29 is 24.2 Å². The summed E-state index contributed by atoms with van der Waals surface area (Å²) in [6, 6.07) is 10.3. The van der Waals surface area contributed by atoms with Crippen molar-refractivity contribution in [1.82, 2.24) is 14.9 Å². The summed E-state index contributed by atoms with van der Waals surface area (Å²) in [6.45, 7) is 23.6. The highest BCUT2D eigenvalue weighted by molar-refractivity contribution is 5.85. The van der Waals surface area contributed by atoms with Crippen LogP contribution in [0, 0.1) is 68.5 Å². The molecule has 60 heavy (non-hydrogen) atoms. The van der Waals surface area contributed by atoms with Crippen LogP contribution in [-0.4, -0.2) is 50.5 Å². The summed E-state index contributed by atoms with van der Waals surface area (Å²) < 4.78 is 6.54. The van der Waals surface area contributed by atoms with Gasteiger partial charge >= 0.3 is 11.9 Å². The lowest BCUT2D eigenvalue weighted by atomic mass is 9.37. The number of imidazole rings is 1. The van der Waals surface area contributed by atoms with Crippen molar-refractivity contribution in [1.29, 1.82) is 0 Å². The number of carboxylic acid groups (broad SMARTS) is 1. The molecule has 2 N–H and O–H groups in total. The molecule has 1 aliphatic heterocycles. The monoisotopic (exact) mass is 822 g/mol. The van der Waals surface area contributed by atoms with Crippen LogP contribution in [0.3, 0.4) is 0 Å². The number of fused-ring (bicyclic) bond motifs is 5. The number of H-pyrrole nitrogens is 1. The van der Waals surface area contributed by atoms with Crippen LogP contribution in [0.1, 0.15) is 164 Å². The van der Waals surface area contributed by atoms with Gasteiger partial charge in [-0.3, -0.25) is 14.4 Å². The third-order valence-corrected chi connectivity index (χ3v) is 19.3. The molecule has 0 spiro atoms. The minimum Gasteiger partial charge on any atom is -0.481 e. The summed E-state index contributed by atoms with van der Waals surface area (Å²) in [5.41, 5.74) is 2.50. The van der Waals surface area contributed by atoms with Gasteiger partial charge in [-0.25, -0.2) is 4.98 Å². The van der Waals surface area contributed by atoms with E-state index < -0.39 is 17.3 Å². The number of carboxylic acids is 1. The van der Waals surface area contributed by atoms with E-state index in [-0.39, 0.29) is 45.7 Å². The zero-order valence-corrected chi connectivity index (χ0v) is 38.2. The number of carbonyl (C=O) groups is 3. The summed E-state index contributed by atoms with van der Waals surface area (Å²) in [4.78, 5) is 51.9. The van der Waals surface area contributed by atoms with Crippen LogP contribution in [0.15, 0.2) is 48.7 Å². The average molecular weight is 822 g/mol. The van der Waals surface area contributed by atoms with Crippen LogP contribution in [0.4, 0.5) is 0 Å². The van der Waals surface area contributed by atoms with Crippen molar-refractivity contribution in [2.75, 3.05) is 6.54 Å². The van der Waals surface area contributed by atoms with Crippen molar-refractivity contribution in [2.45, 2.75) is 164 Å². The molecule has 8 heteroatoms. The van der Waals surface area contributed by atoms with E-state index in [9.17, 15) is 14.7 Å². The number of nitrogens with one attached hydrogen (secondary N) is 1. The Bertz CT molecular complexity index is 1950. The minimum atomic E-state index is -0.818. The molecule has 1 amide bonds. The van der Waals surface area contributed by atoms with Crippen LogP contribution in [0.2, 0.25) is 0 Å². The third-order valence-electron chi connectivity index (χ3n) is 19.3. The fourth-order valence-corrected chi connectivity index (χ4v) is 15.0. The molecule has 328 valence electrons. The first kappa shape index (κ1) is 43.2. The standard InChI is InChI=1S/C52H75N3O5/c1-10-11-19-42(60-46(58)39-30-38(45(56)57)49(39,6)7)48(4,5)34-22-24-50(8)35(29-34)20-21-37-43-36(32(2)3)23-25-52(43,27-26-51(37,50)9)47(59)55-28-15-18-41(55)44-53-31-40(54-44)33-16-13-12-14-17-33/h12-14,16-17,31,34-39,41-43H,2,10-11,15,18-30H2,1,3-9H3,(H,53,54)(H,56,57)/t34-,35-,36+,37-,38+,39-,41+,42+,43-,50-,51-,52+/m1/s1. The second-order valence-corrected chi connectivity index (χ2v) is 22.5. The van der Waals surface area contributed by atoms with Gasteiger partial charge in [0.2, 0.25) is 5.91 Å². The SMILES string of the molecule is C=C(C)[C@@H]1CC[C@]2(C(=O)N3CCC[C@H]3c3ncc(-c4ccccc4)[nH]3)CC[C@]3(C)[C@H](CC[C@@H]4C[C@H](C(C)(C)[C@H](CCCC)OC(=O)[C@H]5C[C@@H](C(=O)O)C5(C)C)CC[C@]43C)[C@@H]12. The number of likely N-dealkylation sites (tertiary alicyclic amines) is 1. The van der Waals surface area contributed by atoms with Gasteiger partial charge in [0.05, 0.1) is 35.2 Å². The summed E-state index contributed by atoms with van der Waals surface area (Å²) in [6.07, 6.45) is 16.7. The second-order valence-electron chi connectivity index (χ2n) is 22.5. The number of esters is 1. The van der Waals surface area contributed by atoms with Crippen molar-refractivity contribution in [3.05, 3.63) is 54.5 Å². The molecule has 8 nitrogen and oxygen atoms in total. The van der Waals surface area contributed by atoms with Crippen LogP contribution in [0.5, 0.6) is 0 Å². The lowest BCUT2D eigenvalue weighted by Crippen LogP contribution is -2.63. The van der Waals surface area contributed by atoms with E-state index in [1.54, 1.807) is 0 Å². The lowest BCUT2D eigenvalue weighted by molar-refractivity contribution is -0.201. The third kappa shape index (κ3) is 6.73. The zero-order valence-electron chi connectivity index (χ0n) is 38.2. The van der Waals surface area contributed by atoms with Crippen LogP contribution in [0.25, 0.3) is 11.3 Å². The van der Waals surface area contributed by atoms with E-state index in [1.807, 2.05) is 26.1 Å². The number of amides is 1. The number of aliphatic carboxylic acids is 1. The lowest BCUT2D eigenvalue weighted by Gasteiger charge is -2.68. The van der Waals surface area contributed by atoms with Crippen molar-refractivity contribution in [3.63, 3.8) is 0 Å². The van der Waals surface area contributed by atoms with Crippen molar-refractivity contribution in [2.24, 2.45) is 68.5 Å². The molecule has 1 saturated heterocycles. The summed E-state index contributed by atoms with van der Waals surface area (Å²) in [5.74, 6) is 1.55. The fourth-order valence-electron chi connectivity index (χ4n) is 15.0. The van der Waals surface area contributed by atoms with Gasteiger partial charge in [-0.1, -0.05) is 104 Å². The maximum absolute atomic E-state index is 15.5. The normalized spacial score (nSPS) is 37.6. The Kier molecular flexibility index (Phi) is 11.3. The highest BCUT2D eigenvalue weighted by Crippen LogP contribution is 2.74. The Hall–Kier alpha value is -3.42. The van der Waals surface area contributed by atoms with Gasteiger partial charge in [0, 0.05) is 12.0 Å². The fraction of sp³-hybridized carbons (Fsp3) is 0.731. The van der Waals surface area contributed by atoms with Gasteiger partial charge < -0.3 is 19.7 Å². The largest absolute Gasteiger partial charge is 0.481 e. The topological polar surface area (TPSA) is 113 Å². The van der Waals surface area contributed by atoms with Gasteiger partial charge in [-0.05, 0) is 142 Å². The first-order valence-electron chi connectivity index (χ1n) is 23.9. The molecule has 2 heterocycles. The first-order valence-corrected chi connectivity index (χ1v) is 23.9. The van der Waals surface area contributed by atoms with Crippen LogP contribution in [-0.2, 0) is 19.1 Å². The molecule has 1 aromatic carbocycles. The number of unbranched alkanes of at least 4 members (excludes halogenated alkanes) is 1. The number of carbonyl (C=O) groups excluding carboxylic acids is 2. The van der Waals surface area contributed by atoms with Gasteiger partial charge in [0.25, 0.3) is 0 Å². The van der Waals surface area contributed by atoms with Crippen molar-refractivity contribution >= 4 is 17.8 Å². The van der Waals surface area contributed by atoms with E-state index in [2.05, 4.69) is 82.3 Å². The van der Waals surface area contributed by atoms with Crippen LogP contribution >= 0.6 is 0 Å². The zero-order chi connectivity index (χ0) is 43.0.